The first-order chi connectivity index (χ1) is 11.9. The molecule has 0 aliphatic carbocycles. The number of rotatable bonds is 15. The minimum atomic E-state index is -1.90. The Balaban J connectivity index is 5.21. The number of aliphatic hydroxyl groups excluding tert-OH is 1. The van der Waals surface area contributed by atoms with Crippen LogP contribution in [-0.4, -0.2) is 46.5 Å². The largest absolute Gasteiger partial charge is 0.414 e. The molecule has 5 heteroatoms. The molecule has 1 N–H and O–H groups in total. The summed E-state index contributed by atoms with van der Waals surface area (Å²) in [7, 11) is -3.37. The molecule has 0 aliphatic heterocycles. The minimum Gasteiger partial charge on any atom is -0.414 e. The highest BCUT2D eigenvalue weighted by Crippen LogP contribution is 2.49. The standard InChI is InChI=1S/C21H48O3Si2/c1-10-13-19-25(6,7)21(5,12-3)24-26(8,9)20(4,11-2)15-14-17-23-18-16-22/h22H,10-19H2,1-9H3. The van der Waals surface area contributed by atoms with E-state index in [1.807, 2.05) is 0 Å². The Morgan fingerprint density at radius 3 is 1.96 bits per heavy atom. The van der Waals surface area contributed by atoms with Gasteiger partial charge in [0.05, 0.1) is 21.3 Å². The number of unbranched alkanes of at least 4 members (excludes halogenated alkanes) is 1. The summed E-state index contributed by atoms with van der Waals surface area (Å²) in [6, 6.07) is 1.36. The topological polar surface area (TPSA) is 38.7 Å². The van der Waals surface area contributed by atoms with Crippen LogP contribution in [0.1, 0.15) is 73.1 Å². The molecule has 0 aromatic rings. The summed E-state index contributed by atoms with van der Waals surface area (Å²) in [4.78, 5) is 0. The minimum absolute atomic E-state index is 0.0573. The van der Waals surface area contributed by atoms with E-state index in [1.54, 1.807) is 0 Å². The second-order valence-corrected chi connectivity index (χ2v) is 19.3. The van der Waals surface area contributed by atoms with Gasteiger partial charge in [-0.2, -0.15) is 0 Å². The molecule has 0 bridgehead atoms. The van der Waals surface area contributed by atoms with Gasteiger partial charge in [-0.05, 0) is 44.3 Å². The summed E-state index contributed by atoms with van der Waals surface area (Å²) in [6.45, 7) is 23.0. The van der Waals surface area contributed by atoms with Crippen LogP contribution < -0.4 is 0 Å². The van der Waals surface area contributed by atoms with Crippen molar-refractivity contribution in [3.8, 4) is 0 Å². The fourth-order valence-corrected chi connectivity index (χ4v) is 11.6. The fraction of sp³-hybridized carbons (Fsp3) is 1.00. The molecule has 0 aliphatic rings. The van der Waals surface area contributed by atoms with Crippen LogP contribution in [0.15, 0.2) is 0 Å². The van der Waals surface area contributed by atoms with Crippen molar-refractivity contribution in [1.29, 1.82) is 0 Å². The van der Waals surface area contributed by atoms with Crippen LogP contribution >= 0.6 is 0 Å². The van der Waals surface area contributed by atoms with Gasteiger partial charge in [0.15, 0.2) is 8.32 Å². The lowest BCUT2D eigenvalue weighted by Crippen LogP contribution is -2.60. The van der Waals surface area contributed by atoms with Crippen LogP contribution in [0.25, 0.3) is 0 Å². The molecule has 0 aromatic carbocycles. The first kappa shape index (κ1) is 26.3. The highest BCUT2D eigenvalue weighted by molar-refractivity contribution is 6.82. The van der Waals surface area contributed by atoms with Crippen LogP contribution in [0.3, 0.4) is 0 Å². The van der Waals surface area contributed by atoms with Crippen molar-refractivity contribution in [2.24, 2.45) is 0 Å². The summed E-state index contributed by atoms with van der Waals surface area (Å²) < 4.78 is 12.7. The van der Waals surface area contributed by atoms with E-state index in [9.17, 15) is 0 Å². The lowest BCUT2D eigenvalue weighted by Gasteiger charge is -2.52. The van der Waals surface area contributed by atoms with Gasteiger partial charge in [-0.15, -0.1) is 0 Å². The van der Waals surface area contributed by atoms with Crippen molar-refractivity contribution in [1.82, 2.24) is 0 Å². The molecule has 0 rings (SSSR count). The lowest BCUT2D eigenvalue weighted by atomic mass is 10.0. The van der Waals surface area contributed by atoms with E-state index in [1.165, 1.54) is 18.9 Å². The molecule has 0 radical (unpaired) electrons. The fourth-order valence-electron chi connectivity index (χ4n) is 3.89. The Hall–Kier alpha value is 0.314. The van der Waals surface area contributed by atoms with Gasteiger partial charge in [-0.1, -0.05) is 66.1 Å². The molecule has 0 fully saturated rings. The van der Waals surface area contributed by atoms with E-state index < -0.39 is 16.4 Å². The third-order valence-electron chi connectivity index (χ3n) is 7.23. The molecular weight excluding hydrogens is 356 g/mol. The van der Waals surface area contributed by atoms with E-state index in [0.29, 0.717) is 6.61 Å². The van der Waals surface area contributed by atoms with Crippen molar-refractivity contribution in [3.05, 3.63) is 0 Å². The molecule has 0 saturated carbocycles. The highest BCUT2D eigenvalue weighted by Gasteiger charge is 2.51. The van der Waals surface area contributed by atoms with Gasteiger partial charge in [-0.25, -0.2) is 0 Å². The van der Waals surface area contributed by atoms with E-state index in [-0.39, 0.29) is 16.9 Å². The quantitative estimate of drug-likeness (QED) is 0.254. The van der Waals surface area contributed by atoms with Crippen LogP contribution in [0, 0.1) is 0 Å². The van der Waals surface area contributed by atoms with Crippen molar-refractivity contribution < 1.29 is 14.3 Å². The van der Waals surface area contributed by atoms with Crippen molar-refractivity contribution >= 4 is 16.4 Å². The monoisotopic (exact) mass is 404 g/mol. The average Bonchev–Trinajstić information content (AvgIpc) is 2.58. The van der Waals surface area contributed by atoms with Gasteiger partial charge < -0.3 is 14.3 Å². The molecule has 26 heavy (non-hydrogen) atoms. The van der Waals surface area contributed by atoms with Crippen LogP contribution in [-0.2, 0) is 9.16 Å². The maximum atomic E-state index is 8.86. The predicted octanol–water partition coefficient (Wildman–Crippen LogP) is 6.38. The summed E-state index contributed by atoms with van der Waals surface area (Å²) >= 11 is 0. The number of ether oxygens (including phenoxy) is 1. The normalized spacial score (nSPS) is 17.8. The van der Waals surface area contributed by atoms with Crippen LogP contribution in [0.5, 0.6) is 0 Å². The zero-order valence-electron chi connectivity index (χ0n) is 19.3. The third kappa shape index (κ3) is 7.04. The van der Waals surface area contributed by atoms with E-state index >= 15 is 0 Å². The predicted molar refractivity (Wildman–Crippen MR) is 120 cm³/mol. The van der Waals surface area contributed by atoms with E-state index in [0.717, 1.165) is 32.3 Å². The second-order valence-electron chi connectivity index (χ2n) is 9.54. The molecule has 0 amide bonds. The smallest absolute Gasteiger partial charge is 0.192 e. The second kappa shape index (κ2) is 11.3. The van der Waals surface area contributed by atoms with Gasteiger partial charge in [0.2, 0.25) is 0 Å². The van der Waals surface area contributed by atoms with Crippen molar-refractivity contribution in [3.63, 3.8) is 0 Å². The molecule has 2 unspecified atom stereocenters. The Morgan fingerprint density at radius 1 is 0.885 bits per heavy atom. The summed E-state index contributed by atoms with van der Waals surface area (Å²) in [6.07, 6.45) is 7.06. The molecule has 0 spiro atoms. The SMILES string of the molecule is CCCC[Si](C)(C)C(C)(CC)O[Si](C)(C)C(C)(CC)CCCOCCO. The first-order valence-electron chi connectivity index (χ1n) is 10.8. The zero-order valence-corrected chi connectivity index (χ0v) is 21.3. The summed E-state index contributed by atoms with van der Waals surface area (Å²) in [5.41, 5.74) is 0. The molecular formula is C21H48O3Si2. The van der Waals surface area contributed by atoms with Crippen molar-refractivity contribution in [2.75, 3.05) is 19.8 Å². The summed E-state index contributed by atoms with van der Waals surface area (Å²) in [5.74, 6) is 0. The highest BCUT2D eigenvalue weighted by atomic mass is 28.4. The number of hydrogen-bond donors (Lipinski definition) is 1. The molecule has 3 nitrogen and oxygen atoms in total. The number of hydrogen-bond acceptors (Lipinski definition) is 3. The van der Waals surface area contributed by atoms with Crippen molar-refractivity contribution in [2.45, 2.75) is 116 Å². The van der Waals surface area contributed by atoms with Gasteiger partial charge in [-0.3, -0.25) is 0 Å². The van der Waals surface area contributed by atoms with Crippen LogP contribution in [0.2, 0.25) is 37.3 Å². The Labute approximate surface area is 166 Å². The summed E-state index contributed by atoms with van der Waals surface area (Å²) in [5, 5.41) is 9.17. The maximum absolute atomic E-state index is 8.86. The van der Waals surface area contributed by atoms with Gasteiger partial charge in [0, 0.05) is 11.8 Å². The van der Waals surface area contributed by atoms with E-state index in [2.05, 4.69) is 60.8 Å². The van der Waals surface area contributed by atoms with E-state index in [4.69, 9.17) is 14.3 Å². The maximum Gasteiger partial charge on any atom is 0.192 e. The van der Waals surface area contributed by atoms with Gasteiger partial charge in [0.25, 0.3) is 0 Å². The van der Waals surface area contributed by atoms with Gasteiger partial charge in [0.1, 0.15) is 0 Å². The Kier molecular flexibility index (Phi) is 11.5. The van der Waals surface area contributed by atoms with Gasteiger partial charge >= 0.3 is 0 Å². The number of aliphatic hydroxyl groups is 1. The first-order valence-corrected chi connectivity index (χ1v) is 17.0. The molecule has 0 saturated heterocycles. The zero-order chi connectivity index (χ0) is 20.5. The molecule has 0 aromatic heterocycles. The Morgan fingerprint density at radius 2 is 1.50 bits per heavy atom. The third-order valence-corrected chi connectivity index (χ3v) is 16.8. The molecule has 0 heterocycles. The Bertz CT molecular complexity index is 387. The average molecular weight is 405 g/mol. The molecule has 158 valence electrons. The molecule has 2 atom stereocenters. The lowest BCUT2D eigenvalue weighted by molar-refractivity contribution is 0.0860. The van der Waals surface area contributed by atoms with Crippen LogP contribution in [0.4, 0.5) is 0 Å².